The SMILES string of the molecule is Cc1cc(C)c2c(n1)SCCN2C(=O)Nc1ccc(C(=O)NCC(C)c2ccccc2)cc1. The van der Waals surface area contributed by atoms with Crippen LogP contribution < -0.4 is 15.5 Å². The number of pyridine rings is 1. The van der Waals surface area contributed by atoms with Crippen LogP contribution in [0.1, 0.15) is 40.0 Å². The number of amides is 3. The van der Waals surface area contributed by atoms with E-state index < -0.39 is 0 Å². The van der Waals surface area contributed by atoms with E-state index in [2.05, 4.69) is 34.7 Å². The number of fused-ring (bicyclic) bond motifs is 1. The molecule has 3 aromatic rings. The summed E-state index contributed by atoms with van der Waals surface area (Å²) in [5.41, 5.74) is 5.26. The lowest BCUT2D eigenvalue weighted by Crippen LogP contribution is -2.39. The van der Waals surface area contributed by atoms with Crippen LogP contribution in [-0.2, 0) is 0 Å². The lowest BCUT2D eigenvalue weighted by atomic mass is 10.0. The Bertz CT molecular complexity index is 1150. The molecular weight excluding hydrogens is 432 g/mol. The molecule has 1 aromatic heterocycles. The van der Waals surface area contributed by atoms with Gasteiger partial charge < -0.3 is 10.6 Å². The predicted octanol–water partition coefficient (Wildman–Crippen LogP) is 5.38. The van der Waals surface area contributed by atoms with Gasteiger partial charge in [0, 0.05) is 35.8 Å². The molecule has 0 saturated heterocycles. The zero-order valence-electron chi connectivity index (χ0n) is 19.1. The summed E-state index contributed by atoms with van der Waals surface area (Å²) in [6, 6.07) is 18.9. The monoisotopic (exact) mass is 460 g/mol. The van der Waals surface area contributed by atoms with Crippen LogP contribution in [0.5, 0.6) is 0 Å². The maximum Gasteiger partial charge on any atom is 0.326 e. The van der Waals surface area contributed by atoms with Crippen molar-refractivity contribution in [2.75, 3.05) is 29.1 Å². The molecule has 33 heavy (non-hydrogen) atoms. The Balaban J connectivity index is 1.37. The minimum absolute atomic E-state index is 0.130. The van der Waals surface area contributed by atoms with Gasteiger partial charge in [-0.2, -0.15) is 0 Å². The van der Waals surface area contributed by atoms with Crippen LogP contribution in [0.2, 0.25) is 0 Å². The van der Waals surface area contributed by atoms with Crippen LogP contribution in [0.15, 0.2) is 65.7 Å². The second kappa shape index (κ2) is 10.1. The van der Waals surface area contributed by atoms with Gasteiger partial charge in [-0.25, -0.2) is 9.78 Å². The number of aryl methyl sites for hydroxylation is 2. The molecule has 2 heterocycles. The Labute approximate surface area is 198 Å². The maximum atomic E-state index is 13.0. The number of hydrogen-bond donors (Lipinski definition) is 2. The van der Waals surface area contributed by atoms with Gasteiger partial charge in [0.25, 0.3) is 5.91 Å². The highest BCUT2D eigenvalue weighted by Gasteiger charge is 2.26. The van der Waals surface area contributed by atoms with Gasteiger partial charge in [-0.15, -0.1) is 11.8 Å². The van der Waals surface area contributed by atoms with E-state index in [-0.39, 0.29) is 17.9 Å². The van der Waals surface area contributed by atoms with Gasteiger partial charge in [-0.05, 0) is 61.2 Å². The molecule has 170 valence electrons. The molecule has 3 amide bonds. The minimum atomic E-state index is -0.195. The molecule has 0 spiro atoms. The van der Waals surface area contributed by atoms with E-state index in [1.165, 1.54) is 5.56 Å². The largest absolute Gasteiger partial charge is 0.351 e. The van der Waals surface area contributed by atoms with Crippen LogP contribution in [0.25, 0.3) is 0 Å². The Kier molecular flexibility index (Phi) is 6.99. The first-order valence-electron chi connectivity index (χ1n) is 11.0. The number of rotatable bonds is 5. The number of aromatic nitrogens is 1. The number of nitrogens with zero attached hydrogens (tertiary/aromatic N) is 2. The van der Waals surface area contributed by atoms with E-state index in [1.54, 1.807) is 40.9 Å². The van der Waals surface area contributed by atoms with Gasteiger partial charge in [0.15, 0.2) is 0 Å². The smallest absolute Gasteiger partial charge is 0.326 e. The topological polar surface area (TPSA) is 74.3 Å². The average Bonchev–Trinajstić information content (AvgIpc) is 2.82. The lowest BCUT2D eigenvalue weighted by Gasteiger charge is -2.30. The fraction of sp³-hybridized carbons (Fsp3) is 0.269. The summed E-state index contributed by atoms with van der Waals surface area (Å²) in [4.78, 5) is 31.9. The maximum absolute atomic E-state index is 13.0. The number of hydrogen-bond acceptors (Lipinski definition) is 4. The highest BCUT2D eigenvalue weighted by atomic mass is 32.2. The molecule has 1 unspecified atom stereocenters. The van der Waals surface area contributed by atoms with Crippen molar-refractivity contribution >= 4 is 35.1 Å². The average molecular weight is 461 g/mol. The van der Waals surface area contributed by atoms with Crippen molar-refractivity contribution < 1.29 is 9.59 Å². The van der Waals surface area contributed by atoms with Gasteiger partial charge in [0.1, 0.15) is 5.03 Å². The molecule has 2 aromatic carbocycles. The van der Waals surface area contributed by atoms with E-state index in [0.29, 0.717) is 24.3 Å². The summed E-state index contributed by atoms with van der Waals surface area (Å²) >= 11 is 1.68. The highest BCUT2D eigenvalue weighted by molar-refractivity contribution is 7.99. The van der Waals surface area contributed by atoms with E-state index in [0.717, 1.165) is 27.7 Å². The molecule has 0 bridgehead atoms. The zero-order chi connectivity index (χ0) is 23.4. The van der Waals surface area contributed by atoms with Crippen LogP contribution in [0.4, 0.5) is 16.2 Å². The van der Waals surface area contributed by atoms with Crippen LogP contribution in [-0.4, -0.2) is 35.8 Å². The van der Waals surface area contributed by atoms with E-state index in [1.807, 2.05) is 38.1 Å². The van der Waals surface area contributed by atoms with Crippen molar-refractivity contribution in [3.8, 4) is 0 Å². The van der Waals surface area contributed by atoms with Crippen LogP contribution >= 0.6 is 11.8 Å². The molecule has 0 fully saturated rings. The van der Waals surface area contributed by atoms with E-state index in [9.17, 15) is 9.59 Å². The predicted molar refractivity (Wildman–Crippen MR) is 134 cm³/mol. The van der Waals surface area contributed by atoms with Crippen LogP contribution in [0.3, 0.4) is 0 Å². The first kappa shape index (κ1) is 22.9. The lowest BCUT2D eigenvalue weighted by molar-refractivity contribution is 0.0951. The highest BCUT2D eigenvalue weighted by Crippen LogP contribution is 2.36. The molecule has 0 radical (unpaired) electrons. The number of benzene rings is 2. The van der Waals surface area contributed by atoms with E-state index in [4.69, 9.17) is 0 Å². The Morgan fingerprint density at radius 2 is 1.82 bits per heavy atom. The molecule has 2 N–H and O–H groups in total. The Morgan fingerprint density at radius 1 is 1.09 bits per heavy atom. The third kappa shape index (κ3) is 5.37. The number of anilines is 2. The summed E-state index contributed by atoms with van der Waals surface area (Å²) in [7, 11) is 0. The molecule has 0 aliphatic carbocycles. The van der Waals surface area contributed by atoms with Gasteiger partial charge in [0.05, 0.1) is 5.69 Å². The molecule has 0 saturated carbocycles. The number of urea groups is 1. The Hall–Kier alpha value is -3.32. The fourth-order valence-corrected chi connectivity index (χ4v) is 5.00. The molecule has 4 rings (SSSR count). The first-order valence-corrected chi connectivity index (χ1v) is 12.0. The summed E-state index contributed by atoms with van der Waals surface area (Å²) in [5, 5.41) is 6.83. The van der Waals surface area contributed by atoms with Gasteiger partial charge >= 0.3 is 6.03 Å². The molecule has 1 aliphatic heterocycles. The van der Waals surface area contributed by atoms with Crippen molar-refractivity contribution in [3.05, 3.63) is 83.0 Å². The van der Waals surface area contributed by atoms with Crippen molar-refractivity contribution in [1.29, 1.82) is 0 Å². The standard InChI is InChI=1S/C26H28N4O2S/c1-17-15-19(3)28-25-23(17)30(13-14-33-25)26(32)29-22-11-9-21(10-12-22)24(31)27-16-18(2)20-7-5-4-6-8-20/h4-12,15,18H,13-14,16H2,1-3H3,(H,27,31)(H,29,32). The first-order chi connectivity index (χ1) is 15.9. The van der Waals surface area contributed by atoms with Gasteiger partial charge in [-0.3, -0.25) is 9.69 Å². The fourth-order valence-electron chi connectivity index (χ4n) is 3.92. The quantitative estimate of drug-likeness (QED) is 0.536. The normalized spacial score (nSPS) is 13.7. The van der Waals surface area contributed by atoms with Crippen molar-refractivity contribution in [3.63, 3.8) is 0 Å². The number of thioether (sulfide) groups is 1. The number of carbonyl (C=O) groups excluding carboxylic acids is 2. The summed E-state index contributed by atoms with van der Waals surface area (Å²) < 4.78 is 0. The second-order valence-corrected chi connectivity index (χ2v) is 9.35. The zero-order valence-corrected chi connectivity index (χ0v) is 19.9. The van der Waals surface area contributed by atoms with E-state index >= 15 is 0 Å². The summed E-state index contributed by atoms with van der Waals surface area (Å²) in [6.07, 6.45) is 0. The Morgan fingerprint density at radius 3 is 2.55 bits per heavy atom. The summed E-state index contributed by atoms with van der Waals surface area (Å²) in [5.74, 6) is 0.896. The second-order valence-electron chi connectivity index (χ2n) is 8.26. The van der Waals surface area contributed by atoms with Crippen LogP contribution in [0, 0.1) is 13.8 Å². The number of nitrogens with one attached hydrogen (secondary N) is 2. The third-order valence-electron chi connectivity index (χ3n) is 5.68. The molecule has 1 atom stereocenters. The minimum Gasteiger partial charge on any atom is -0.351 e. The molecule has 7 heteroatoms. The van der Waals surface area contributed by atoms with Crippen molar-refractivity contribution in [2.24, 2.45) is 0 Å². The molecular formula is C26H28N4O2S. The van der Waals surface area contributed by atoms with Gasteiger partial charge in [0.2, 0.25) is 0 Å². The van der Waals surface area contributed by atoms with Crippen molar-refractivity contribution in [2.45, 2.75) is 31.7 Å². The van der Waals surface area contributed by atoms with Crippen molar-refractivity contribution in [1.82, 2.24) is 10.3 Å². The molecule has 6 nitrogen and oxygen atoms in total. The number of carbonyl (C=O) groups is 2. The van der Waals surface area contributed by atoms with Gasteiger partial charge in [-0.1, -0.05) is 37.3 Å². The molecule has 1 aliphatic rings. The third-order valence-corrected chi connectivity index (χ3v) is 6.63. The summed E-state index contributed by atoms with van der Waals surface area (Å²) in [6.45, 7) is 7.23.